The van der Waals surface area contributed by atoms with E-state index in [1.54, 1.807) is 6.07 Å². The molecule has 0 unspecified atom stereocenters. The molecule has 1 rings (SSSR count). The molecule has 0 fully saturated rings. The van der Waals surface area contributed by atoms with E-state index >= 15 is 0 Å². The highest BCUT2D eigenvalue weighted by Crippen LogP contribution is 2.13. The minimum absolute atomic E-state index is 0.284. The SMILES string of the molecule is COc1ccc(B(O)O)cc1C=NNC(N)=O. The molecule has 0 bridgehead atoms. The van der Waals surface area contributed by atoms with E-state index < -0.39 is 13.1 Å². The van der Waals surface area contributed by atoms with Gasteiger partial charge in [-0.2, -0.15) is 5.10 Å². The maximum atomic E-state index is 10.4. The molecule has 17 heavy (non-hydrogen) atoms. The predicted molar refractivity (Wildman–Crippen MR) is 63.1 cm³/mol. The van der Waals surface area contributed by atoms with Crippen LogP contribution < -0.4 is 21.4 Å². The van der Waals surface area contributed by atoms with Gasteiger partial charge in [0.05, 0.1) is 13.3 Å². The number of nitrogens with one attached hydrogen (secondary N) is 1. The zero-order valence-electron chi connectivity index (χ0n) is 9.12. The Balaban J connectivity index is 2.97. The zero-order chi connectivity index (χ0) is 12.8. The summed E-state index contributed by atoms with van der Waals surface area (Å²) in [7, 11) is -0.124. The Morgan fingerprint density at radius 2 is 2.29 bits per heavy atom. The van der Waals surface area contributed by atoms with E-state index in [1.165, 1.54) is 25.5 Å². The van der Waals surface area contributed by atoms with Crippen molar-refractivity contribution in [2.24, 2.45) is 10.8 Å². The van der Waals surface area contributed by atoms with Crippen LogP contribution in [-0.4, -0.2) is 36.5 Å². The number of nitrogens with two attached hydrogens (primary N) is 1. The van der Waals surface area contributed by atoms with Crippen LogP contribution >= 0.6 is 0 Å². The van der Waals surface area contributed by atoms with Gasteiger partial charge in [0.25, 0.3) is 0 Å². The highest BCUT2D eigenvalue weighted by molar-refractivity contribution is 6.58. The standard InChI is InChI=1S/C9H12BN3O4/c1-17-8-3-2-7(10(15)16)4-6(8)5-12-13-9(11)14/h2-5,15-16H,1H3,(H3,11,13,14). The number of carbonyl (C=O) groups excluding carboxylic acids is 1. The van der Waals surface area contributed by atoms with Crippen LogP contribution in [0.5, 0.6) is 5.75 Å². The Bertz CT molecular complexity index is 436. The van der Waals surface area contributed by atoms with Crippen molar-refractivity contribution in [3.63, 3.8) is 0 Å². The summed E-state index contributed by atoms with van der Waals surface area (Å²) in [4.78, 5) is 10.4. The molecule has 0 radical (unpaired) electrons. The highest BCUT2D eigenvalue weighted by atomic mass is 16.5. The Hall–Kier alpha value is -2.06. The van der Waals surface area contributed by atoms with Crippen molar-refractivity contribution < 1.29 is 19.6 Å². The number of rotatable bonds is 4. The largest absolute Gasteiger partial charge is 0.496 e. The Kier molecular flexibility index (Phi) is 4.50. The molecule has 2 amide bonds. The lowest BCUT2D eigenvalue weighted by atomic mass is 9.79. The molecule has 0 aliphatic rings. The zero-order valence-corrected chi connectivity index (χ0v) is 9.12. The lowest BCUT2D eigenvalue weighted by molar-refractivity contribution is 0.249. The van der Waals surface area contributed by atoms with Gasteiger partial charge in [-0.3, -0.25) is 0 Å². The molecule has 0 aliphatic heterocycles. The first kappa shape index (κ1) is 13.0. The van der Waals surface area contributed by atoms with E-state index in [-0.39, 0.29) is 5.46 Å². The second-order valence-electron chi connectivity index (χ2n) is 3.11. The molecule has 0 aliphatic carbocycles. The minimum Gasteiger partial charge on any atom is -0.496 e. The molecule has 1 aromatic rings. The maximum absolute atomic E-state index is 10.4. The molecule has 0 atom stereocenters. The minimum atomic E-state index is -1.59. The van der Waals surface area contributed by atoms with Gasteiger partial charge in [0.1, 0.15) is 5.75 Å². The summed E-state index contributed by atoms with van der Waals surface area (Å²) in [6.45, 7) is 0. The topological polar surface area (TPSA) is 117 Å². The number of urea groups is 1. The molecule has 0 saturated carbocycles. The van der Waals surface area contributed by atoms with E-state index in [0.29, 0.717) is 11.3 Å². The summed E-state index contributed by atoms with van der Waals surface area (Å²) in [5.74, 6) is 0.476. The molecule has 1 aromatic carbocycles. The molecule has 0 aromatic heterocycles. The van der Waals surface area contributed by atoms with Crippen molar-refractivity contribution in [3.05, 3.63) is 23.8 Å². The van der Waals surface area contributed by atoms with Gasteiger partial charge in [0.15, 0.2) is 0 Å². The van der Waals surface area contributed by atoms with Gasteiger partial charge < -0.3 is 20.5 Å². The van der Waals surface area contributed by atoms with Crippen molar-refractivity contribution >= 4 is 24.8 Å². The number of nitrogens with zero attached hydrogens (tertiary/aromatic N) is 1. The van der Waals surface area contributed by atoms with Crippen LogP contribution in [0.15, 0.2) is 23.3 Å². The Morgan fingerprint density at radius 3 is 2.82 bits per heavy atom. The monoisotopic (exact) mass is 237 g/mol. The Labute approximate surface area is 98.0 Å². The van der Waals surface area contributed by atoms with Crippen LogP contribution in [0, 0.1) is 0 Å². The highest BCUT2D eigenvalue weighted by Gasteiger charge is 2.12. The van der Waals surface area contributed by atoms with Gasteiger partial charge in [0, 0.05) is 5.56 Å². The summed E-state index contributed by atoms with van der Waals surface area (Å²) >= 11 is 0. The summed E-state index contributed by atoms with van der Waals surface area (Å²) in [5.41, 5.74) is 7.61. The third-order valence-corrected chi connectivity index (χ3v) is 1.93. The lowest BCUT2D eigenvalue weighted by Gasteiger charge is -2.06. The molecule has 0 saturated heterocycles. The second kappa shape index (κ2) is 5.87. The average molecular weight is 237 g/mol. The van der Waals surface area contributed by atoms with E-state index in [9.17, 15) is 4.79 Å². The number of benzene rings is 1. The normalized spacial score (nSPS) is 10.3. The summed E-state index contributed by atoms with van der Waals surface area (Å²) in [6, 6.07) is 3.73. The number of hydrogen-bond acceptors (Lipinski definition) is 5. The van der Waals surface area contributed by atoms with Crippen LogP contribution in [0.25, 0.3) is 0 Å². The molecule has 5 N–H and O–H groups in total. The van der Waals surface area contributed by atoms with Crippen molar-refractivity contribution in [1.29, 1.82) is 0 Å². The number of primary amides is 1. The van der Waals surface area contributed by atoms with Gasteiger partial charge in [-0.1, -0.05) is 6.07 Å². The molecular weight excluding hydrogens is 225 g/mol. The van der Waals surface area contributed by atoms with Crippen LogP contribution in [-0.2, 0) is 0 Å². The van der Waals surface area contributed by atoms with E-state index in [4.69, 9.17) is 20.5 Å². The molecular formula is C9H12BN3O4. The molecule has 90 valence electrons. The fourth-order valence-corrected chi connectivity index (χ4v) is 1.18. The summed E-state index contributed by atoms with van der Waals surface area (Å²) in [6.07, 6.45) is 1.29. The number of methoxy groups -OCH3 is 1. The number of hydrogen-bond donors (Lipinski definition) is 4. The molecule has 8 heteroatoms. The predicted octanol–water partition coefficient (Wildman–Crippen LogP) is -1.62. The van der Waals surface area contributed by atoms with Crippen molar-refractivity contribution in [1.82, 2.24) is 5.43 Å². The lowest BCUT2D eigenvalue weighted by Crippen LogP contribution is -2.30. The van der Waals surface area contributed by atoms with Gasteiger partial charge >= 0.3 is 13.1 Å². The average Bonchev–Trinajstić information content (AvgIpc) is 2.28. The number of ether oxygens (including phenoxy) is 1. The van der Waals surface area contributed by atoms with Crippen LogP contribution in [0.2, 0.25) is 0 Å². The first-order valence-electron chi connectivity index (χ1n) is 4.67. The first-order valence-corrected chi connectivity index (χ1v) is 4.67. The maximum Gasteiger partial charge on any atom is 0.488 e. The number of hydrazone groups is 1. The van der Waals surface area contributed by atoms with E-state index in [0.717, 1.165) is 0 Å². The van der Waals surface area contributed by atoms with Gasteiger partial charge in [0.2, 0.25) is 0 Å². The summed E-state index contributed by atoms with van der Waals surface area (Å²) < 4.78 is 5.04. The van der Waals surface area contributed by atoms with E-state index in [1.807, 2.05) is 5.43 Å². The van der Waals surface area contributed by atoms with Gasteiger partial charge in [-0.05, 0) is 17.6 Å². The van der Waals surface area contributed by atoms with E-state index in [2.05, 4.69) is 5.10 Å². The van der Waals surface area contributed by atoms with Crippen molar-refractivity contribution in [2.45, 2.75) is 0 Å². The first-order chi connectivity index (χ1) is 8.04. The molecule has 7 nitrogen and oxygen atoms in total. The van der Waals surface area contributed by atoms with Crippen LogP contribution in [0.3, 0.4) is 0 Å². The number of amides is 2. The number of carbonyl (C=O) groups is 1. The Morgan fingerprint density at radius 1 is 1.59 bits per heavy atom. The summed E-state index contributed by atoms with van der Waals surface area (Å²) in [5, 5.41) is 21.6. The fourth-order valence-electron chi connectivity index (χ4n) is 1.18. The fraction of sp³-hybridized carbons (Fsp3) is 0.111. The third kappa shape index (κ3) is 3.78. The molecule has 0 heterocycles. The van der Waals surface area contributed by atoms with Gasteiger partial charge in [-0.15, -0.1) is 0 Å². The van der Waals surface area contributed by atoms with Crippen LogP contribution in [0.4, 0.5) is 4.79 Å². The third-order valence-electron chi connectivity index (χ3n) is 1.93. The molecule has 0 spiro atoms. The second-order valence-corrected chi connectivity index (χ2v) is 3.11. The van der Waals surface area contributed by atoms with Crippen molar-refractivity contribution in [3.8, 4) is 5.75 Å². The van der Waals surface area contributed by atoms with Crippen molar-refractivity contribution in [2.75, 3.05) is 7.11 Å². The smallest absolute Gasteiger partial charge is 0.488 e. The quantitative estimate of drug-likeness (QED) is 0.286. The van der Waals surface area contributed by atoms with Crippen LogP contribution in [0.1, 0.15) is 5.56 Å². The van der Waals surface area contributed by atoms with Gasteiger partial charge in [-0.25, -0.2) is 10.2 Å².